The summed E-state index contributed by atoms with van der Waals surface area (Å²) in [5, 5.41) is 16.3. The number of nitrogens with zero attached hydrogens (tertiary/aromatic N) is 4. The van der Waals surface area contributed by atoms with Gasteiger partial charge in [-0.25, -0.2) is 9.78 Å². The molecule has 20 heavy (non-hydrogen) atoms. The third-order valence-electron chi connectivity index (χ3n) is 2.81. The fourth-order valence-electron chi connectivity index (χ4n) is 1.90. The average Bonchev–Trinajstić information content (AvgIpc) is 2.73. The Balaban J connectivity index is 1.83. The summed E-state index contributed by atoms with van der Waals surface area (Å²) in [7, 11) is 0. The summed E-state index contributed by atoms with van der Waals surface area (Å²) in [6, 6.07) is 2.04. The van der Waals surface area contributed by atoms with E-state index in [1.807, 2.05) is 24.6 Å². The van der Waals surface area contributed by atoms with Crippen molar-refractivity contribution in [3.63, 3.8) is 0 Å². The molecule has 0 unspecified atom stereocenters. The van der Waals surface area contributed by atoms with Crippen LogP contribution in [-0.2, 0) is 6.54 Å². The summed E-state index contributed by atoms with van der Waals surface area (Å²) in [4.78, 5) is 18.5. The summed E-state index contributed by atoms with van der Waals surface area (Å²) < 4.78 is 1.95. The van der Waals surface area contributed by atoms with Crippen LogP contribution >= 0.6 is 0 Å². The number of carbonyl (C=O) groups is 1. The number of nitrogens with one attached hydrogen (secondary N) is 1. The zero-order valence-corrected chi connectivity index (χ0v) is 11.5. The number of rotatable bonds is 6. The van der Waals surface area contributed by atoms with Gasteiger partial charge >= 0.3 is 5.97 Å². The van der Waals surface area contributed by atoms with Gasteiger partial charge in [0.1, 0.15) is 5.82 Å². The maximum Gasteiger partial charge on any atom is 0.356 e. The molecule has 7 heteroatoms. The topological polar surface area (TPSA) is 92.9 Å². The lowest BCUT2D eigenvalue weighted by atomic mass is 10.4. The monoisotopic (exact) mass is 275 g/mol. The Morgan fingerprint density at radius 1 is 1.40 bits per heavy atom. The molecule has 0 aliphatic heterocycles. The lowest BCUT2D eigenvalue weighted by Gasteiger charge is -2.07. The van der Waals surface area contributed by atoms with Crippen LogP contribution < -0.4 is 5.32 Å². The molecule has 2 aromatic rings. The molecule has 0 fully saturated rings. The first-order chi connectivity index (χ1) is 9.56. The van der Waals surface area contributed by atoms with E-state index in [1.165, 1.54) is 12.4 Å². The van der Waals surface area contributed by atoms with E-state index in [4.69, 9.17) is 5.11 Å². The number of aryl methyl sites for hydroxylation is 3. The van der Waals surface area contributed by atoms with E-state index in [-0.39, 0.29) is 5.69 Å². The Kier molecular flexibility index (Phi) is 4.29. The molecule has 0 saturated carbocycles. The molecule has 0 aliphatic carbocycles. The van der Waals surface area contributed by atoms with E-state index in [0.717, 1.165) is 24.4 Å². The smallest absolute Gasteiger partial charge is 0.356 e. The van der Waals surface area contributed by atoms with Crippen molar-refractivity contribution in [1.82, 2.24) is 19.7 Å². The molecule has 7 nitrogen and oxygen atoms in total. The summed E-state index contributed by atoms with van der Waals surface area (Å²) in [6.45, 7) is 5.47. The van der Waals surface area contributed by atoms with E-state index in [0.29, 0.717) is 12.4 Å². The number of anilines is 1. The molecular formula is C13H17N5O2. The van der Waals surface area contributed by atoms with Crippen LogP contribution in [0.2, 0.25) is 0 Å². The number of carboxylic acid groups (broad SMARTS) is 1. The van der Waals surface area contributed by atoms with Gasteiger partial charge < -0.3 is 10.4 Å². The van der Waals surface area contributed by atoms with Gasteiger partial charge in [0.25, 0.3) is 0 Å². The summed E-state index contributed by atoms with van der Waals surface area (Å²) >= 11 is 0. The van der Waals surface area contributed by atoms with E-state index in [2.05, 4.69) is 20.4 Å². The Bertz CT molecular complexity index is 609. The first-order valence-electron chi connectivity index (χ1n) is 6.36. The Morgan fingerprint density at radius 3 is 2.85 bits per heavy atom. The predicted molar refractivity (Wildman–Crippen MR) is 73.8 cm³/mol. The molecule has 2 heterocycles. The van der Waals surface area contributed by atoms with Gasteiger partial charge in [-0.2, -0.15) is 5.10 Å². The molecule has 0 saturated heterocycles. The van der Waals surface area contributed by atoms with Crippen LogP contribution in [0.4, 0.5) is 5.82 Å². The first kappa shape index (κ1) is 14.0. The van der Waals surface area contributed by atoms with Crippen LogP contribution in [0.1, 0.15) is 28.3 Å². The summed E-state index contributed by atoms with van der Waals surface area (Å²) in [5.74, 6) is -0.609. The van der Waals surface area contributed by atoms with Crippen LogP contribution in [-0.4, -0.2) is 37.4 Å². The van der Waals surface area contributed by atoms with Crippen molar-refractivity contribution in [2.45, 2.75) is 26.8 Å². The summed E-state index contributed by atoms with van der Waals surface area (Å²) in [5.41, 5.74) is 2.08. The number of hydrogen-bond acceptors (Lipinski definition) is 5. The molecule has 2 aromatic heterocycles. The number of aromatic nitrogens is 4. The van der Waals surface area contributed by atoms with Gasteiger partial charge in [-0.15, -0.1) is 0 Å². The van der Waals surface area contributed by atoms with Crippen LogP contribution in [0.5, 0.6) is 0 Å². The van der Waals surface area contributed by atoms with E-state index < -0.39 is 5.97 Å². The quantitative estimate of drug-likeness (QED) is 0.776. The van der Waals surface area contributed by atoms with Gasteiger partial charge in [0.15, 0.2) is 5.69 Å². The Labute approximate surface area is 116 Å². The highest BCUT2D eigenvalue weighted by atomic mass is 16.4. The number of hydrogen-bond donors (Lipinski definition) is 2. The highest BCUT2D eigenvalue weighted by Gasteiger charge is 2.05. The minimum Gasteiger partial charge on any atom is -0.476 e. The second kappa shape index (κ2) is 6.14. The zero-order valence-electron chi connectivity index (χ0n) is 11.5. The SMILES string of the molecule is Cc1cc(C)n(CCCNc2cncc(C(=O)O)n2)n1. The van der Waals surface area contributed by atoms with Crippen molar-refractivity contribution in [1.29, 1.82) is 0 Å². The fraction of sp³-hybridized carbons (Fsp3) is 0.385. The van der Waals surface area contributed by atoms with Crippen molar-refractivity contribution in [3.05, 3.63) is 35.5 Å². The molecular weight excluding hydrogens is 258 g/mol. The van der Waals surface area contributed by atoms with Gasteiger partial charge in [-0.05, 0) is 26.3 Å². The molecule has 2 rings (SSSR count). The van der Waals surface area contributed by atoms with E-state index in [9.17, 15) is 4.79 Å². The molecule has 0 atom stereocenters. The molecule has 0 aromatic carbocycles. The molecule has 0 aliphatic rings. The zero-order chi connectivity index (χ0) is 14.5. The minimum absolute atomic E-state index is 0.0615. The first-order valence-corrected chi connectivity index (χ1v) is 6.36. The third kappa shape index (κ3) is 3.53. The Morgan fingerprint density at radius 2 is 2.20 bits per heavy atom. The van der Waals surface area contributed by atoms with Crippen LogP contribution in [0.3, 0.4) is 0 Å². The lowest BCUT2D eigenvalue weighted by molar-refractivity contribution is 0.0690. The Hall–Kier alpha value is -2.44. The van der Waals surface area contributed by atoms with Gasteiger partial charge in [0.05, 0.1) is 18.1 Å². The second-order valence-electron chi connectivity index (χ2n) is 4.53. The fourth-order valence-corrected chi connectivity index (χ4v) is 1.90. The van der Waals surface area contributed by atoms with Crippen LogP contribution in [0.25, 0.3) is 0 Å². The average molecular weight is 275 g/mol. The highest BCUT2D eigenvalue weighted by molar-refractivity contribution is 5.85. The molecule has 0 amide bonds. The van der Waals surface area contributed by atoms with Crippen molar-refractivity contribution in [2.24, 2.45) is 0 Å². The molecule has 0 bridgehead atoms. The van der Waals surface area contributed by atoms with Gasteiger partial charge in [0.2, 0.25) is 0 Å². The van der Waals surface area contributed by atoms with Crippen molar-refractivity contribution >= 4 is 11.8 Å². The highest BCUT2D eigenvalue weighted by Crippen LogP contribution is 2.04. The predicted octanol–water partition coefficient (Wildman–Crippen LogP) is 1.49. The number of carboxylic acids is 1. The number of aromatic carboxylic acids is 1. The second-order valence-corrected chi connectivity index (χ2v) is 4.53. The van der Waals surface area contributed by atoms with Crippen LogP contribution in [0, 0.1) is 13.8 Å². The van der Waals surface area contributed by atoms with Gasteiger partial charge in [0, 0.05) is 18.8 Å². The normalized spacial score (nSPS) is 10.5. The largest absolute Gasteiger partial charge is 0.476 e. The van der Waals surface area contributed by atoms with Crippen molar-refractivity contribution < 1.29 is 9.90 Å². The maximum atomic E-state index is 10.8. The molecule has 0 radical (unpaired) electrons. The van der Waals surface area contributed by atoms with Gasteiger partial charge in [-0.3, -0.25) is 9.67 Å². The van der Waals surface area contributed by atoms with E-state index >= 15 is 0 Å². The van der Waals surface area contributed by atoms with Crippen molar-refractivity contribution in [2.75, 3.05) is 11.9 Å². The van der Waals surface area contributed by atoms with Gasteiger partial charge in [-0.1, -0.05) is 0 Å². The molecule has 2 N–H and O–H groups in total. The van der Waals surface area contributed by atoms with E-state index in [1.54, 1.807) is 0 Å². The standard InChI is InChI=1S/C13H17N5O2/c1-9-6-10(2)18(17-9)5-3-4-15-12-8-14-7-11(16-12)13(19)20/h6-8H,3-5H2,1-2H3,(H,15,16)(H,19,20). The third-order valence-corrected chi connectivity index (χ3v) is 2.81. The maximum absolute atomic E-state index is 10.8. The minimum atomic E-state index is -1.08. The van der Waals surface area contributed by atoms with Crippen molar-refractivity contribution in [3.8, 4) is 0 Å². The summed E-state index contributed by atoms with van der Waals surface area (Å²) in [6.07, 6.45) is 3.60. The van der Waals surface area contributed by atoms with Crippen LogP contribution in [0.15, 0.2) is 18.5 Å². The lowest BCUT2D eigenvalue weighted by Crippen LogP contribution is -2.11. The molecule has 106 valence electrons. The molecule has 0 spiro atoms.